The van der Waals surface area contributed by atoms with Gasteiger partial charge in [-0.2, -0.15) is 0 Å². The van der Waals surface area contributed by atoms with Gasteiger partial charge >= 0.3 is 0 Å². The van der Waals surface area contributed by atoms with Crippen LogP contribution in [-0.4, -0.2) is 49.1 Å². The van der Waals surface area contributed by atoms with Gasteiger partial charge in [0.05, 0.1) is 5.75 Å². The summed E-state index contributed by atoms with van der Waals surface area (Å²) in [6.07, 6.45) is 0.671. The molecule has 0 radical (unpaired) electrons. The van der Waals surface area contributed by atoms with Crippen molar-refractivity contribution < 1.29 is 13.2 Å². The van der Waals surface area contributed by atoms with Gasteiger partial charge in [-0.25, -0.2) is 17.7 Å². The van der Waals surface area contributed by atoms with Crippen molar-refractivity contribution >= 4 is 21.9 Å². The van der Waals surface area contributed by atoms with E-state index in [4.69, 9.17) is 5.73 Å². The number of amides is 1. The molecule has 3 aromatic carbocycles. The maximum Gasteiger partial charge on any atom is 0.261 e. The number of hydrogen-bond donors (Lipinski definition) is 1. The smallest absolute Gasteiger partial charge is 0.261 e. The number of sulfonamides is 1. The van der Waals surface area contributed by atoms with Crippen LogP contribution in [-0.2, 0) is 26.1 Å². The molecule has 2 aliphatic heterocycles. The molecule has 0 aromatic heterocycles. The van der Waals surface area contributed by atoms with E-state index in [0.717, 1.165) is 27.8 Å². The standard InChI is InChI=1S/C29H32N4O3S/c1-21-8-6-11-24(16-21)25-12-7-13-26(17-25)29(2)27(34)33(28(30)31-29)19-23-14-15-32(18-23)37(35,36)20-22-9-4-3-5-10-22/h3-13,16-17,23H,14-15,18-20H2,1-2H3,(H2,30,31)/t23-,29?/m0/s1. The molecule has 2 atom stereocenters. The summed E-state index contributed by atoms with van der Waals surface area (Å²) in [7, 11) is -3.44. The molecule has 1 unspecified atom stereocenters. The normalized spacial score (nSPS) is 22.4. The lowest BCUT2D eigenvalue weighted by atomic mass is 9.89. The molecular weight excluding hydrogens is 484 g/mol. The second kappa shape index (κ2) is 9.76. The maximum absolute atomic E-state index is 13.6. The first kappa shape index (κ1) is 25.2. The van der Waals surface area contributed by atoms with Crippen LogP contribution in [0.3, 0.4) is 0 Å². The topological polar surface area (TPSA) is 96.1 Å². The van der Waals surface area contributed by atoms with E-state index in [1.54, 1.807) is 6.92 Å². The summed E-state index contributed by atoms with van der Waals surface area (Å²) in [5.41, 5.74) is 9.95. The Morgan fingerprint density at radius 3 is 2.43 bits per heavy atom. The number of rotatable bonds is 7. The predicted octanol–water partition coefficient (Wildman–Crippen LogP) is 3.89. The van der Waals surface area contributed by atoms with Crippen molar-refractivity contribution in [1.82, 2.24) is 9.21 Å². The summed E-state index contributed by atoms with van der Waals surface area (Å²) in [6.45, 7) is 5.00. The van der Waals surface area contributed by atoms with E-state index in [0.29, 0.717) is 26.1 Å². The number of carbonyl (C=O) groups excluding carboxylic acids is 1. The highest BCUT2D eigenvalue weighted by Crippen LogP contribution is 2.36. The fraction of sp³-hybridized carbons (Fsp3) is 0.310. The van der Waals surface area contributed by atoms with Gasteiger partial charge < -0.3 is 5.73 Å². The van der Waals surface area contributed by atoms with Crippen molar-refractivity contribution in [2.45, 2.75) is 31.6 Å². The molecule has 3 aromatic rings. The molecule has 5 rings (SSSR count). The number of nitrogens with two attached hydrogens (primary N) is 1. The van der Waals surface area contributed by atoms with Crippen LogP contribution in [0.5, 0.6) is 0 Å². The Balaban J connectivity index is 1.29. The minimum Gasteiger partial charge on any atom is -0.369 e. The number of nitrogens with zero attached hydrogens (tertiary/aromatic N) is 3. The zero-order valence-electron chi connectivity index (χ0n) is 21.2. The highest BCUT2D eigenvalue weighted by Gasteiger charge is 2.46. The van der Waals surface area contributed by atoms with Crippen molar-refractivity contribution in [3.63, 3.8) is 0 Å². The van der Waals surface area contributed by atoms with Gasteiger partial charge in [0.2, 0.25) is 10.0 Å². The minimum atomic E-state index is -3.44. The SMILES string of the molecule is Cc1cccc(-c2cccc(C3(C)N=C(N)N(C[C@H]4CCN(S(=O)(=O)Cc5ccccc5)C4)C3=O)c2)c1. The van der Waals surface area contributed by atoms with Crippen molar-refractivity contribution in [1.29, 1.82) is 0 Å². The van der Waals surface area contributed by atoms with Crippen LogP contribution < -0.4 is 5.73 Å². The highest BCUT2D eigenvalue weighted by atomic mass is 32.2. The summed E-state index contributed by atoms with van der Waals surface area (Å²) < 4.78 is 27.5. The predicted molar refractivity (Wildman–Crippen MR) is 146 cm³/mol. The lowest BCUT2D eigenvalue weighted by Crippen LogP contribution is -2.44. The monoisotopic (exact) mass is 516 g/mol. The third-order valence-corrected chi connectivity index (χ3v) is 9.14. The molecule has 0 saturated carbocycles. The number of guanidine groups is 1. The maximum atomic E-state index is 13.6. The molecule has 1 saturated heterocycles. The van der Waals surface area contributed by atoms with Gasteiger partial charge in [0.25, 0.3) is 5.91 Å². The first-order valence-corrected chi connectivity index (χ1v) is 14.1. The molecule has 2 aliphatic rings. The molecule has 8 heteroatoms. The van der Waals surface area contributed by atoms with Crippen LogP contribution in [0.2, 0.25) is 0 Å². The van der Waals surface area contributed by atoms with Gasteiger partial charge in [0.15, 0.2) is 11.5 Å². The first-order valence-electron chi connectivity index (χ1n) is 12.5. The lowest BCUT2D eigenvalue weighted by Gasteiger charge is -2.25. The molecule has 192 valence electrons. The van der Waals surface area contributed by atoms with E-state index in [1.165, 1.54) is 9.21 Å². The second-order valence-electron chi connectivity index (χ2n) is 10.2. The quantitative estimate of drug-likeness (QED) is 0.515. The second-order valence-corrected chi connectivity index (χ2v) is 12.1. The molecule has 7 nitrogen and oxygen atoms in total. The molecule has 0 spiro atoms. The van der Waals surface area contributed by atoms with E-state index >= 15 is 0 Å². The van der Waals surface area contributed by atoms with Crippen LogP contribution in [0.1, 0.15) is 30.0 Å². The number of aryl methyl sites for hydroxylation is 1. The van der Waals surface area contributed by atoms with E-state index in [-0.39, 0.29) is 23.5 Å². The van der Waals surface area contributed by atoms with E-state index in [1.807, 2.05) is 66.7 Å². The van der Waals surface area contributed by atoms with Crippen LogP contribution in [0, 0.1) is 12.8 Å². The Bertz CT molecular complexity index is 1450. The number of hydrogen-bond acceptors (Lipinski definition) is 5. The third kappa shape index (κ3) is 5.04. The van der Waals surface area contributed by atoms with E-state index < -0.39 is 15.6 Å². The van der Waals surface area contributed by atoms with Crippen LogP contribution in [0.4, 0.5) is 0 Å². The average Bonchev–Trinajstić information content (AvgIpc) is 3.44. The minimum absolute atomic E-state index is 0.00998. The van der Waals surface area contributed by atoms with Gasteiger partial charge in [-0.05, 0) is 54.5 Å². The van der Waals surface area contributed by atoms with Crippen LogP contribution in [0.15, 0.2) is 83.9 Å². The summed E-state index contributed by atoms with van der Waals surface area (Å²) >= 11 is 0. The van der Waals surface area contributed by atoms with Gasteiger partial charge in [0.1, 0.15) is 0 Å². The average molecular weight is 517 g/mol. The van der Waals surface area contributed by atoms with Crippen molar-refractivity contribution in [3.8, 4) is 11.1 Å². The fourth-order valence-electron chi connectivity index (χ4n) is 5.23. The van der Waals surface area contributed by atoms with E-state index in [2.05, 4.69) is 24.0 Å². The summed E-state index contributed by atoms with van der Waals surface area (Å²) in [5, 5.41) is 0. The Kier molecular flexibility index (Phi) is 6.64. The van der Waals surface area contributed by atoms with Gasteiger partial charge in [-0.1, -0.05) is 78.4 Å². The third-order valence-electron chi connectivity index (χ3n) is 7.33. The van der Waals surface area contributed by atoms with Crippen molar-refractivity contribution in [2.24, 2.45) is 16.6 Å². The molecule has 37 heavy (non-hydrogen) atoms. The Hall–Kier alpha value is -3.49. The Labute approximate surface area is 218 Å². The fourth-order valence-corrected chi connectivity index (χ4v) is 6.85. The van der Waals surface area contributed by atoms with Crippen molar-refractivity contribution in [3.05, 3.63) is 95.6 Å². The Morgan fingerprint density at radius 1 is 1.00 bits per heavy atom. The number of benzene rings is 3. The van der Waals surface area contributed by atoms with Gasteiger partial charge in [0, 0.05) is 19.6 Å². The van der Waals surface area contributed by atoms with Gasteiger partial charge in [-0.15, -0.1) is 0 Å². The zero-order valence-corrected chi connectivity index (χ0v) is 22.0. The van der Waals surface area contributed by atoms with Gasteiger partial charge in [-0.3, -0.25) is 9.69 Å². The van der Waals surface area contributed by atoms with Crippen LogP contribution in [0.25, 0.3) is 11.1 Å². The first-order chi connectivity index (χ1) is 17.7. The molecule has 2 N–H and O–H groups in total. The number of carbonyl (C=O) groups is 1. The van der Waals surface area contributed by atoms with Crippen LogP contribution >= 0.6 is 0 Å². The molecule has 0 aliphatic carbocycles. The highest BCUT2D eigenvalue weighted by molar-refractivity contribution is 7.88. The largest absolute Gasteiger partial charge is 0.369 e. The molecule has 0 bridgehead atoms. The number of aliphatic imine (C=N–C) groups is 1. The molecular formula is C29H32N4O3S. The van der Waals surface area contributed by atoms with E-state index in [9.17, 15) is 13.2 Å². The summed E-state index contributed by atoms with van der Waals surface area (Å²) in [4.78, 5) is 19.8. The summed E-state index contributed by atoms with van der Waals surface area (Å²) in [5.74, 6) is -0.0393. The van der Waals surface area contributed by atoms with Crippen molar-refractivity contribution in [2.75, 3.05) is 19.6 Å². The summed E-state index contributed by atoms with van der Waals surface area (Å²) in [6, 6.07) is 25.3. The molecule has 2 heterocycles. The lowest BCUT2D eigenvalue weighted by molar-refractivity contribution is -0.131. The molecule has 1 amide bonds. The molecule has 1 fully saturated rings. The zero-order chi connectivity index (χ0) is 26.2. The Morgan fingerprint density at radius 2 is 1.70 bits per heavy atom.